The van der Waals surface area contributed by atoms with Crippen LogP contribution in [-0.2, 0) is 0 Å². The van der Waals surface area contributed by atoms with Gasteiger partial charge in [0.15, 0.2) is 0 Å². The third-order valence-corrected chi connectivity index (χ3v) is 4.53. The van der Waals surface area contributed by atoms with E-state index in [1.54, 1.807) is 0 Å². The average Bonchev–Trinajstić information content (AvgIpc) is 2.26. The third kappa shape index (κ3) is 3.56. The van der Waals surface area contributed by atoms with Gasteiger partial charge in [0.05, 0.1) is 0 Å². The van der Waals surface area contributed by atoms with Crippen LogP contribution in [0.25, 0.3) is 0 Å². The molecule has 1 aromatic rings. The number of halogens is 1. The first kappa shape index (κ1) is 14.0. The molecule has 0 aromatic heterocycles. The summed E-state index contributed by atoms with van der Waals surface area (Å²) in [6, 6.07) is 10.0. The summed E-state index contributed by atoms with van der Waals surface area (Å²) >= 11 is 3.54. The Hall–Kier alpha value is -0.380. The van der Waals surface area contributed by atoms with Crippen LogP contribution in [0, 0.1) is 0 Å². The molecular formula is C15H23BrN2. The maximum absolute atomic E-state index is 3.66. The van der Waals surface area contributed by atoms with Gasteiger partial charge in [0, 0.05) is 23.1 Å². The van der Waals surface area contributed by atoms with Crippen LogP contribution in [0.5, 0.6) is 0 Å². The highest BCUT2D eigenvalue weighted by Gasteiger charge is 2.30. The fourth-order valence-corrected chi connectivity index (χ4v) is 2.75. The first-order chi connectivity index (χ1) is 8.56. The minimum absolute atomic E-state index is 0.606. The Morgan fingerprint density at radius 3 is 2.72 bits per heavy atom. The quantitative estimate of drug-likeness (QED) is 0.898. The lowest BCUT2D eigenvalue weighted by Gasteiger charge is -2.37. The van der Waals surface area contributed by atoms with Gasteiger partial charge >= 0.3 is 0 Å². The van der Waals surface area contributed by atoms with Gasteiger partial charge < -0.3 is 10.2 Å². The Kier molecular flexibility index (Phi) is 4.82. The molecule has 18 heavy (non-hydrogen) atoms. The molecule has 1 N–H and O–H groups in total. The second-order valence-corrected chi connectivity index (χ2v) is 6.56. The molecule has 1 unspecified atom stereocenters. The Balaban J connectivity index is 1.74. The van der Waals surface area contributed by atoms with Gasteiger partial charge in [-0.25, -0.2) is 0 Å². The number of nitrogens with zero attached hydrogens (tertiary/aromatic N) is 1. The minimum atomic E-state index is 0.606. The molecular weight excluding hydrogens is 288 g/mol. The third-order valence-electron chi connectivity index (χ3n) is 4.04. The molecule has 1 fully saturated rings. The maximum atomic E-state index is 3.66. The van der Waals surface area contributed by atoms with Crippen molar-refractivity contribution in [3.63, 3.8) is 0 Å². The zero-order chi connectivity index (χ0) is 13.1. The fourth-order valence-electron chi connectivity index (χ4n) is 2.34. The molecule has 2 nitrogen and oxygen atoms in total. The Labute approximate surface area is 119 Å². The smallest absolute Gasteiger partial charge is 0.0186 e. The van der Waals surface area contributed by atoms with E-state index in [1.807, 2.05) is 0 Å². The van der Waals surface area contributed by atoms with Crippen LogP contribution in [0.1, 0.15) is 31.2 Å². The molecule has 100 valence electrons. The average molecular weight is 311 g/mol. The van der Waals surface area contributed by atoms with E-state index in [2.05, 4.69) is 71.4 Å². The van der Waals surface area contributed by atoms with Crippen molar-refractivity contribution >= 4 is 15.9 Å². The van der Waals surface area contributed by atoms with E-state index in [0.717, 1.165) is 12.5 Å². The van der Waals surface area contributed by atoms with E-state index >= 15 is 0 Å². The zero-order valence-corrected chi connectivity index (χ0v) is 13.1. The van der Waals surface area contributed by atoms with Gasteiger partial charge in [0.25, 0.3) is 0 Å². The summed E-state index contributed by atoms with van der Waals surface area (Å²) in [7, 11) is 4.27. The van der Waals surface area contributed by atoms with Crippen molar-refractivity contribution in [2.45, 2.75) is 37.8 Å². The van der Waals surface area contributed by atoms with Crippen LogP contribution in [0.3, 0.4) is 0 Å². The van der Waals surface area contributed by atoms with Crippen molar-refractivity contribution < 1.29 is 0 Å². The van der Waals surface area contributed by atoms with Crippen LogP contribution in [0.15, 0.2) is 28.7 Å². The molecule has 0 spiro atoms. The molecule has 0 amide bonds. The molecule has 3 heteroatoms. The molecule has 1 aromatic carbocycles. The van der Waals surface area contributed by atoms with Gasteiger partial charge in [0.2, 0.25) is 0 Å². The number of rotatable bonds is 5. The fraction of sp³-hybridized carbons (Fsp3) is 0.600. The summed E-state index contributed by atoms with van der Waals surface area (Å²) in [6.07, 6.45) is 2.55. The number of benzene rings is 1. The molecule has 1 aliphatic carbocycles. The van der Waals surface area contributed by atoms with Crippen LogP contribution < -0.4 is 5.32 Å². The highest BCUT2D eigenvalue weighted by Crippen LogP contribution is 2.37. The summed E-state index contributed by atoms with van der Waals surface area (Å²) in [4.78, 5) is 2.26. The van der Waals surface area contributed by atoms with E-state index in [1.165, 1.54) is 22.9 Å². The Bertz CT molecular complexity index is 386. The largest absolute Gasteiger partial charge is 0.312 e. The normalized spacial score (nSPS) is 24.9. The van der Waals surface area contributed by atoms with Gasteiger partial charge in [-0.05, 0) is 57.5 Å². The highest BCUT2D eigenvalue weighted by atomic mass is 79.9. The molecule has 0 bridgehead atoms. The molecule has 0 aliphatic heterocycles. The number of nitrogens with one attached hydrogen (secondary N) is 1. The predicted octanol–water partition coefficient (Wildman–Crippen LogP) is 3.23. The molecule has 0 saturated heterocycles. The van der Waals surface area contributed by atoms with Crippen molar-refractivity contribution in [2.75, 3.05) is 20.6 Å². The van der Waals surface area contributed by atoms with Crippen LogP contribution in [0.4, 0.5) is 0 Å². The Morgan fingerprint density at radius 2 is 2.11 bits per heavy atom. The van der Waals surface area contributed by atoms with Crippen molar-refractivity contribution in [3.05, 3.63) is 34.3 Å². The minimum Gasteiger partial charge on any atom is -0.312 e. The van der Waals surface area contributed by atoms with E-state index in [-0.39, 0.29) is 0 Å². The molecule has 1 saturated carbocycles. The van der Waals surface area contributed by atoms with Crippen molar-refractivity contribution in [2.24, 2.45) is 0 Å². The van der Waals surface area contributed by atoms with Crippen LogP contribution >= 0.6 is 15.9 Å². The summed E-state index contributed by atoms with van der Waals surface area (Å²) in [5.41, 5.74) is 1.48. The zero-order valence-electron chi connectivity index (χ0n) is 11.5. The number of likely N-dealkylation sites (N-methyl/N-ethyl adjacent to an activating group) is 1. The maximum Gasteiger partial charge on any atom is 0.0186 e. The van der Waals surface area contributed by atoms with Gasteiger partial charge in [-0.15, -0.1) is 0 Å². The van der Waals surface area contributed by atoms with Gasteiger partial charge in [-0.1, -0.05) is 28.1 Å². The standard InChI is InChI=1S/C15H23BrN2/c1-11(18(2)3)10-17-15-8-13(9-15)12-5-4-6-14(16)7-12/h4-7,11,13,15,17H,8-10H2,1-3H3. The van der Waals surface area contributed by atoms with E-state index in [0.29, 0.717) is 12.1 Å². The Morgan fingerprint density at radius 1 is 1.39 bits per heavy atom. The summed E-state index contributed by atoms with van der Waals surface area (Å²) in [5.74, 6) is 0.745. The second kappa shape index (κ2) is 6.18. The first-order valence-corrected chi connectivity index (χ1v) is 7.51. The second-order valence-electron chi connectivity index (χ2n) is 5.64. The van der Waals surface area contributed by atoms with Crippen molar-refractivity contribution in [1.29, 1.82) is 0 Å². The lowest BCUT2D eigenvalue weighted by atomic mass is 9.76. The molecule has 0 radical (unpaired) electrons. The number of hydrogen-bond donors (Lipinski definition) is 1. The van der Waals surface area contributed by atoms with Gasteiger partial charge in [0.1, 0.15) is 0 Å². The monoisotopic (exact) mass is 310 g/mol. The summed E-state index contributed by atoms with van der Waals surface area (Å²) < 4.78 is 1.19. The van der Waals surface area contributed by atoms with Crippen molar-refractivity contribution in [1.82, 2.24) is 10.2 Å². The van der Waals surface area contributed by atoms with Crippen LogP contribution in [-0.4, -0.2) is 37.6 Å². The summed E-state index contributed by atoms with van der Waals surface area (Å²) in [6.45, 7) is 3.35. The van der Waals surface area contributed by atoms with E-state index in [4.69, 9.17) is 0 Å². The van der Waals surface area contributed by atoms with E-state index in [9.17, 15) is 0 Å². The molecule has 1 aliphatic rings. The number of hydrogen-bond acceptors (Lipinski definition) is 2. The molecule has 1 atom stereocenters. The lowest BCUT2D eigenvalue weighted by Crippen LogP contribution is -2.45. The molecule has 0 heterocycles. The van der Waals surface area contributed by atoms with E-state index < -0.39 is 0 Å². The van der Waals surface area contributed by atoms with Gasteiger partial charge in [-0.3, -0.25) is 0 Å². The summed E-state index contributed by atoms with van der Waals surface area (Å²) in [5, 5.41) is 3.66. The van der Waals surface area contributed by atoms with Crippen LogP contribution in [0.2, 0.25) is 0 Å². The SMILES string of the molecule is CC(CNC1CC(c2cccc(Br)c2)C1)N(C)C. The van der Waals surface area contributed by atoms with Crippen molar-refractivity contribution in [3.8, 4) is 0 Å². The first-order valence-electron chi connectivity index (χ1n) is 6.71. The predicted molar refractivity (Wildman–Crippen MR) is 81.1 cm³/mol. The molecule has 2 rings (SSSR count). The topological polar surface area (TPSA) is 15.3 Å². The highest BCUT2D eigenvalue weighted by molar-refractivity contribution is 9.10. The van der Waals surface area contributed by atoms with Gasteiger partial charge in [-0.2, -0.15) is 0 Å². The lowest BCUT2D eigenvalue weighted by molar-refractivity contribution is 0.245.